The number of rotatable bonds is 3. The van der Waals surface area contributed by atoms with E-state index in [1.54, 1.807) is 28.2 Å². The highest BCUT2D eigenvalue weighted by molar-refractivity contribution is 5.93. The van der Waals surface area contributed by atoms with Gasteiger partial charge in [0.05, 0.1) is 19.3 Å². The Balaban J connectivity index is 1.52. The van der Waals surface area contributed by atoms with Crippen LogP contribution in [0, 0.1) is 6.92 Å². The zero-order valence-corrected chi connectivity index (χ0v) is 13.3. The van der Waals surface area contributed by atoms with E-state index in [1.165, 1.54) is 0 Å². The first-order valence-electron chi connectivity index (χ1n) is 7.84. The first-order valence-corrected chi connectivity index (χ1v) is 7.84. The van der Waals surface area contributed by atoms with Gasteiger partial charge in [-0.05, 0) is 31.0 Å². The maximum atomic E-state index is 12.7. The first-order chi connectivity index (χ1) is 11.5. The number of nitrogens with zero attached hydrogens (tertiary/aromatic N) is 6. The molecule has 3 aromatic rings. The Morgan fingerprint density at radius 3 is 3.08 bits per heavy atom. The predicted octanol–water partition coefficient (Wildman–Crippen LogP) is 0.511. The smallest absolute Gasteiger partial charge is 0.274 e. The van der Waals surface area contributed by atoms with Crippen LogP contribution >= 0.6 is 0 Å². The number of amides is 1. The lowest BCUT2D eigenvalue weighted by Gasteiger charge is -2.22. The van der Waals surface area contributed by atoms with Gasteiger partial charge in [-0.25, -0.2) is 9.67 Å². The van der Waals surface area contributed by atoms with Crippen molar-refractivity contribution in [1.29, 1.82) is 0 Å². The third-order valence-corrected chi connectivity index (χ3v) is 4.38. The Labute approximate surface area is 138 Å². The monoisotopic (exact) mass is 326 g/mol. The fourth-order valence-corrected chi connectivity index (χ4v) is 3.13. The number of β-amino-alcohol motifs (C(OH)–C–C–N with tert-alkyl or cyclic N) is 1. The molecule has 0 aromatic carbocycles. The van der Waals surface area contributed by atoms with Gasteiger partial charge in [0, 0.05) is 25.1 Å². The summed E-state index contributed by atoms with van der Waals surface area (Å²) >= 11 is 0. The third kappa shape index (κ3) is 2.65. The van der Waals surface area contributed by atoms with Crippen molar-refractivity contribution in [2.24, 2.45) is 0 Å². The molecule has 3 aromatic heterocycles. The van der Waals surface area contributed by atoms with Crippen molar-refractivity contribution in [1.82, 2.24) is 29.3 Å². The minimum absolute atomic E-state index is 0.161. The van der Waals surface area contributed by atoms with Crippen LogP contribution in [0.4, 0.5) is 0 Å². The van der Waals surface area contributed by atoms with E-state index < -0.39 is 5.60 Å². The SMILES string of the molecule is Cc1ccn2cc(C(=O)N3CCC(O)(Cn4ccnn4)C3)nc2c1. The van der Waals surface area contributed by atoms with E-state index in [-0.39, 0.29) is 12.5 Å². The number of aryl methyl sites for hydroxylation is 1. The molecule has 4 rings (SSSR count). The minimum Gasteiger partial charge on any atom is -0.386 e. The molecule has 0 radical (unpaired) electrons. The molecule has 4 heterocycles. The standard InChI is InChI=1S/C16H18N6O2/c1-12-2-5-20-9-13(18-14(20)8-12)15(23)21-6-3-16(24,10-21)11-22-7-4-17-19-22/h2,4-5,7-9,24H,3,6,10-11H2,1H3. The van der Waals surface area contributed by atoms with E-state index in [0.717, 1.165) is 11.2 Å². The summed E-state index contributed by atoms with van der Waals surface area (Å²) in [5.41, 5.74) is 1.25. The summed E-state index contributed by atoms with van der Waals surface area (Å²) in [7, 11) is 0. The van der Waals surface area contributed by atoms with Crippen LogP contribution in [0.1, 0.15) is 22.5 Å². The van der Waals surface area contributed by atoms with Gasteiger partial charge in [-0.2, -0.15) is 0 Å². The number of likely N-dealkylation sites (tertiary alicyclic amines) is 1. The van der Waals surface area contributed by atoms with Gasteiger partial charge in [0.15, 0.2) is 0 Å². The second kappa shape index (κ2) is 5.41. The van der Waals surface area contributed by atoms with E-state index >= 15 is 0 Å². The third-order valence-electron chi connectivity index (χ3n) is 4.38. The van der Waals surface area contributed by atoms with Crippen molar-refractivity contribution < 1.29 is 9.90 Å². The van der Waals surface area contributed by atoms with Crippen LogP contribution in [0.5, 0.6) is 0 Å². The van der Waals surface area contributed by atoms with Crippen molar-refractivity contribution in [2.75, 3.05) is 13.1 Å². The Morgan fingerprint density at radius 2 is 2.29 bits per heavy atom. The fraction of sp³-hybridized carbons (Fsp3) is 0.375. The number of hydrogen-bond acceptors (Lipinski definition) is 5. The molecule has 1 aliphatic rings. The molecule has 1 fully saturated rings. The molecule has 1 amide bonds. The summed E-state index contributed by atoms with van der Waals surface area (Å²) in [5, 5.41) is 18.3. The van der Waals surface area contributed by atoms with Crippen LogP contribution in [0.15, 0.2) is 36.9 Å². The minimum atomic E-state index is -0.987. The molecular formula is C16H18N6O2. The molecule has 1 saturated heterocycles. The number of fused-ring (bicyclic) bond motifs is 1. The summed E-state index contributed by atoms with van der Waals surface area (Å²) < 4.78 is 3.42. The number of aromatic nitrogens is 5. The molecule has 1 unspecified atom stereocenters. The summed E-state index contributed by atoms with van der Waals surface area (Å²) in [6.45, 7) is 3.07. The van der Waals surface area contributed by atoms with Crippen LogP contribution in [-0.2, 0) is 6.54 Å². The topological polar surface area (TPSA) is 88.5 Å². The first kappa shape index (κ1) is 14.8. The second-order valence-electron chi connectivity index (χ2n) is 6.40. The molecular weight excluding hydrogens is 308 g/mol. The van der Waals surface area contributed by atoms with Gasteiger partial charge in [-0.15, -0.1) is 5.10 Å². The zero-order chi connectivity index (χ0) is 16.7. The molecule has 1 atom stereocenters. The van der Waals surface area contributed by atoms with Gasteiger partial charge in [-0.3, -0.25) is 4.79 Å². The Bertz CT molecular complexity index is 887. The van der Waals surface area contributed by atoms with Crippen molar-refractivity contribution >= 4 is 11.6 Å². The molecule has 0 saturated carbocycles. The normalized spacial score (nSPS) is 20.8. The van der Waals surface area contributed by atoms with Gasteiger partial charge >= 0.3 is 0 Å². The summed E-state index contributed by atoms with van der Waals surface area (Å²) in [5.74, 6) is -0.161. The molecule has 1 aliphatic heterocycles. The Morgan fingerprint density at radius 1 is 1.42 bits per heavy atom. The second-order valence-corrected chi connectivity index (χ2v) is 6.40. The van der Waals surface area contributed by atoms with Gasteiger partial charge < -0.3 is 14.4 Å². The van der Waals surface area contributed by atoms with E-state index in [1.807, 2.05) is 29.7 Å². The number of aliphatic hydroxyl groups is 1. The van der Waals surface area contributed by atoms with E-state index in [2.05, 4.69) is 15.3 Å². The summed E-state index contributed by atoms with van der Waals surface area (Å²) in [6.07, 6.45) is 7.39. The molecule has 0 aliphatic carbocycles. The van der Waals surface area contributed by atoms with E-state index in [4.69, 9.17) is 0 Å². The number of pyridine rings is 1. The van der Waals surface area contributed by atoms with Gasteiger partial charge in [0.1, 0.15) is 16.9 Å². The highest BCUT2D eigenvalue weighted by Crippen LogP contribution is 2.24. The zero-order valence-electron chi connectivity index (χ0n) is 13.3. The lowest BCUT2D eigenvalue weighted by molar-refractivity contribution is 0.0266. The quantitative estimate of drug-likeness (QED) is 0.758. The molecule has 0 spiro atoms. The average molecular weight is 326 g/mol. The molecule has 1 N–H and O–H groups in total. The van der Waals surface area contributed by atoms with E-state index in [0.29, 0.717) is 25.2 Å². The van der Waals surface area contributed by atoms with Crippen molar-refractivity contribution in [3.8, 4) is 0 Å². The van der Waals surface area contributed by atoms with Crippen LogP contribution in [-0.4, -0.2) is 59.0 Å². The average Bonchev–Trinajstić information content (AvgIpc) is 3.26. The highest BCUT2D eigenvalue weighted by Gasteiger charge is 2.39. The lowest BCUT2D eigenvalue weighted by atomic mass is 10.0. The van der Waals surface area contributed by atoms with Crippen molar-refractivity contribution in [3.63, 3.8) is 0 Å². The largest absolute Gasteiger partial charge is 0.386 e. The van der Waals surface area contributed by atoms with Crippen LogP contribution in [0.3, 0.4) is 0 Å². The number of hydrogen-bond donors (Lipinski definition) is 1. The fourth-order valence-electron chi connectivity index (χ4n) is 3.13. The maximum absolute atomic E-state index is 12.7. The van der Waals surface area contributed by atoms with Gasteiger partial charge in [-0.1, -0.05) is 5.21 Å². The lowest BCUT2D eigenvalue weighted by Crippen LogP contribution is -2.39. The molecule has 8 nitrogen and oxygen atoms in total. The number of carbonyl (C=O) groups excluding carboxylic acids is 1. The van der Waals surface area contributed by atoms with Crippen molar-refractivity contribution in [3.05, 3.63) is 48.2 Å². The molecule has 124 valence electrons. The van der Waals surface area contributed by atoms with Crippen LogP contribution in [0.2, 0.25) is 0 Å². The van der Waals surface area contributed by atoms with Gasteiger partial charge in [0.2, 0.25) is 0 Å². The number of carbonyl (C=O) groups is 1. The number of imidazole rings is 1. The Kier molecular flexibility index (Phi) is 3.34. The predicted molar refractivity (Wildman–Crippen MR) is 85.4 cm³/mol. The Hall–Kier alpha value is -2.74. The van der Waals surface area contributed by atoms with E-state index in [9.17, 15) is 9.90 Å². The van der Waals surface area contributed by atoms with Crippen molar-refractivity contribution in [2.45, 2.75) is 25.5 Å². The summed E-state index contributed by atoms with van der Waals surface area (Å²) in [6, 6.07) is 3.90. The molecule has 8 heteroatoms. The van der Waals surface area contributed by atoms with Gasteiger partial charge in [0.25, 0.3) is 5.91 Å². The summed E-state index contributed by atoms with van der Waals surface area (Å²) in [4.78, 5) is 18.7. The molecule has 0 bridgehead atoms. The highest BCUT2D eigenvalue weighted by atomic mass is 16.3. The van der Waals surface area contributed by atoms with Crippen LogP contribution in [0.25, 0.3) is 5.65 Å². The maximum Gasteiger partial charge on any atom is 0.274 e. The van der Waals surface area contributed by atoms with Crippen LogP contribution < -0.4 is 0 Å². The molecule has 24 heavy (non-hydrogen) atoms.